The molecule has 0 aromatic carbocycles. The highest BCUT2D eigenvalue weighted by Crippen LogP contribution is 2.20. The van der Waals surface area contributed by atoms with E-state index < -0.39 is 31.0 Å². The minimum atomic E-state index is -1.05. The average molecular weight is 373 g/mol. The Balaban J connectivity index is 1.89. The summed E-state index contributed by atoms with van der Waals surface area (Å²) >= 11 is 0. The Bertz CT molecular complexity index is 347. The van der Waals surface area contributed by atoms with Crippen LogP contribution in [0.1, 0.15) is 77.6 Å². The molecule has 0 saturated carbocycles. The Morgan fingerprint density at radius 1 is 1.00 bits per heavy atom. The van der Waals surface area contributed by atoms with Gasteiger partial charge in [-0.3, -0.25) is 0 Å². The average Bonchev–Trinajstić information content (AvgIpc) is 3.02. The van der Waals surface area contributed by atoms with E-state index in [1.165, 1.54) is 51.4 Å². The quantitative estimate of drug-likeness (QED) is 0.286. The molecule has 26 heavy (non-hydrogen) atoms. The fourth-order valence-corrected chi connectivity index (χ4v) is 3.26. The molecule has 5 nitrogen and oxygen atoms in total. The monoisotopic (exact) mass is 372 g/mol. The van der Waals surface area contributed by atoms with Gasteiger partial charge in [-0.1, -0.05) is 57.6 Å². The van der Waals surface area contributed by atoms with Crippen molar-refractivity contribution in [1.29, 1.82) is 0 Å². The first-order valence-electron chi connectivity index (χ1n) is 10.6. The standard InChI is InChI=1S/C21H40O5/c1-2-3-4-5-6-7-8-9-10-11-12-13-14-15-25-19-17-26-21(20(19)24)18(23)16-22/h8-9,18-24H,2-7,10-17H2,1H3/b9-8+/t18-,19+,20+,21+/m1/s1. The van der Waals surface area contributed by atoms with Crippen molar-refractivity contribution in [2.24, 2.45) is 0 Å². The molecule has 1 saturated heterocycles. The molecule has 5 heteroatoms. The predicted molar refractivity (Wildman–Crippen MR) is 104 cm³/mol. The topological polar surface area (TPSA) is 79.2 Å². The Morgan fingerprint density at radius 3 is 2.23 bits per heavy atom. The van der Waals surface area contributed by atoms with Gasteiger partial charge in [0.25, 0.3) is 0 Å². The summed E-state index contributed by atoms with van der Waals surface area (Å²) in [5.41, 5.74) is 0. The number of rotatable bonds is 16. The summed E-state index contributed by atoms with van der Waals surface area (Å²) in [4.78, 5) is 0. The second kappa shape index (κ2) is 15.6. The zero-order valence-corrected chi connectivity index (χ0v) is 16.5. The number of unbranched alkanes of at least 4 members (excludes halogenated alkanes) is 9. The molecule has 0 spiro atoms. The van der Waals surface area contributed by atoms with Crippen molar-refractivity contribution in [3.8, 4) is 0 Å². The van der Waals surface area contributed by atoms with Crippen molar-refractivity contribution in [1.82, 2.24) is 0 Å². The molecular weight excluding hydrogens is 332 g/mol. The van der Waals surface area contributed by atoms with Crippen molar-refractivity contribution in [2.45, 2.75) is 102 Å². The lowest BCUT2D eigenvalue weighted by Crippen LogP contribution is -2.41. The highest BCUT2D eigenvalue weighted by molar-refractivity contribution is 4.88. The van der Waals surface area contributed by atoms with Crippen molar-refractivity contribution in [3.63, 3.8) is 0 Å². The summed E-state index contributed by atoms with van der Waals surface area (Å²) in [5.74, 6) is 0. The molecule has 1 fully saturated rings. The van der Waals surface area contributed by atoms with Gasteiger partial charge in [-0.25, -0.2) is 0 Å². The van der Waals surface area contributed by atoms with Crippen LogP contribution in [0.2, 0.25) is 0 Å². The fourth-order valence-electron chi connectivity index (χ4n) is 3.26. The summed E-state index contributed by atoms with van der Waals surface area (Å²) in [6.07, 6.45) is 15.2. The zero-order valence-electron chi connectivity index (χ0n) is 16.5. The van der Waals surface area contributed by atoms with E-state index >= 15 is 0 Å². The van der Waals surface area contributed by atoms with Crippen LogP contribution in [-0.4, -0.2) is 59.6 Å². The van der Waals surface area contributed by atoms with Gasteiger partial charge in [0.1, 0.15) is 24.4 Å². The van der Waals surface area contributed by atoms with Gasteiger partial charge in [-0.05, 0) is 32.1 Å². The van der Waals surface area contributed by atoms with E-state index in [1.54, 1.807) is 0 Å². The third-order valence-corrected chi connectivity index (χ3v) is 4.97. The first kappa shape index (κ1) is 23.6. The number of aliphatic hydroxyl groups excluding tert-OH is 3. The van der Waals surface area contributed by atoms with Gasteiger partial charge in [0.15, 0.2) is 0 Å². The lowest BCUT2D eigenvalue weighted by molar-refractivity contribution is -0.0730. The van der Waals surface area contributed by atoms with Crippen LogP contribution < -0.4 is 0 Å². The zero-order chi connectivity index (χ0) is 19.0. The molecule has 1 rings (SSSR count). The minimum absolute atomic E-state index is 0.270. The van der Waals surface area contributed by atoms with Gasteiger partial charge in [0.2, 0.25) is 0 Å². The number of allylic oxidation sites excluding steroid dienone is 2. The number of aliphatic hydroxyl groups is 3. The van der Waals surface area contributed by atoms with E-state index in [4.69, 9.17) is 14.6 Å². The molecule has 1 aliphatic rings. The minimum Gasteiger partial charge on any atom is -0.394 e. The molecule has 0 aliphatic carbocycles. The van der Waals surface area contributed by atoms with E-state index in [0.29, 0.717) is 6.61 Å². The van der Waals surface area contributed by atoms with Crippen LogP contribution in [0.5, 0.6) is 0 Å². The highest BCUT2D eigenvalue weighted by Gasteiger charge is 2.40. The maximum atomic E-state index is 10.0. The molecule has 1 aliphatic heterocycles. The lowest BCUT2D eigenvalue weighted by Gasteiger charge is -2.20. The van der Waals surface area contributed by atoms with Crippen LogP contribution >= 0.6 is 0 Å². The van der Waals surface area contributed by atoms with Crippen LogP contribution in [0.3, 0.4) is 0 Å². The molecule has 0 bridgehead atoms. The largest absolute Gasteiger partial charge is 0.394 e. The van der Waals surface area contributed by atoms with E-state index in [-0.39, 0.29) is 6.61 Å². The second-order valence-corrected chi connectivity index (χ2v) is 7.32. The Hall–Kier alpha value is -0.460. The number of hydrogen-bond acceptors (Lipinski definition) is 5. The Morgan fingerprint density at radius 2 is 1.62 bits per heavy atom. The molecule has 0 aromatic heterocycles. The predicted octanol–water partition coefficient (Wildman–Crippen LogP) is 3.35. The lowest BCUT2D eigenvalue weighted by atomic mass is 10.1. The summed E-state index contributed by atoms with van der Waals surface area (Å²) in [5, 5.41) is 28.5. The highest BCUT2D eigenvalue weighted by atomic mass is 16.6. The molecule has 0 amide bonds. The van der Waals surface area contributed by atoms with E-state index in [2.05, 4.69) is 19.1 Å². The van der Waals surface area contributed by atoms with Gasteiger partial charge in [-0.2, -0.15) is 0 Å². The van der Waals surface area contributed by atoms with Gasteiger partial charge in [0.05, 0.1) is 13.2 Å². The molecule has 0 aromatic rings. The molecule has 3 N–H and O–H groups in total. The summed E-state index contributed by atoms with van der Waals surface area (Å²) < 4.78 is 11.0. The van der Waals surface area contributed by atoms with Gasteiger partial charge in [0, 0.05) is 6.61 Å². The van der Waals surface area contributed by atoms with E-state index in [1.807, 2.05) is 0 Å². The van der Waals surface area contributed by atoms with Gasteiger partial charge >= 0.3 is 0 Å². The van der Waals surface area contributed by atoms with Crippen molar-refractivity contribution >= 4 is 0 Å². The SMILES string of the molecule is CCCCCCC/C=C/CCCCCCO[C@H]1CO[C@@H]([C@H](O)CO)[C@H]1O. The Labute approximate surface area is 159 Å². The van der Waals surface area contributed by atoms with Crippen LogP contribution in [0, 0.1) is 0 Å². The van der Waals surface area contributed by atoms with Crippen molar-refractivity contribution < 1.29 is 24.8 Å². The first-order chi connectivity index (χ1) is 12.7. The third kappa shape index (κ3) is 10.0. The van der Waals surface area contributed by atoms with Crippen LogP contribution in [0.4, 0.5) is 0 Å². The normalized spacial score (nSPS) is 24.5. The second-order valence-electron chi connectivity index (χ2n) is 7.32. The van der Waals surface area contributed by atoms with Crippen LogP contribution in [-0.2, 0) is 9.47 Å². The smallest absolute Gasteiger partial charge is 0.114 e. The maximum Gasteiger partial charge on any atom is 0.114 e. The van der Waals surface area contributed by atoms with Gasteiger partial charge in [-0.15, -0.1) is 0 Å². The number of hydrogen-bond donors (Lipinski definition) is 3. The third-order valence-electron chi connectivity index (χ3n) is 4.97. The maximum absolute atomic E-state index is 10.0. The Kier molecular flexibility index (Phi) is 14.1. The molecule has 4 atom stereocenters. The van der Waals surface area contributed by atoms with Crippen LogP contribution in [0.15, 0.2) is 12.2 Å². The van der Waals surface area contributed by atoms with Crippen LogP contribution in [0.25, 0.3) is 0 Å². The number of ether oxygens (including phenoxy) is 2. The first-order valence-corrected chi connectivity index (χ1v) is 10.6. The molecule has 1 heterocycles. The molecule has 0 unspecified atom stereocenters. The molecule has 0 radical (unpaired) electrons. The summed E-state index contributed by atoms with van der Waals surface area (Å²) in [7, 11) is 0. The summed E-state index contributed by atoms with van der Waals surface area (Å²) in [6.45, 7) is 2.70. The van der Waals surface area contributed by atoms with Gasteiger partial charge < -0.3 is 24.8 Å². The summed E-state index contributed by atoms with van der Waals surface area (Å²) in [6, 6.07) is 0. The van der Waals surface area contributed by atoms with Crippen molar-refractivity contribution in [3.05, 3.63) is 12.2 Å². The fraction of sp³-hybridized carbons (Fsp3) is 0.905. The van der Waals surface area contributed by atoms with E-state index in [0.717, 1.165) is 19.3 Å². The van der Waals surface area contributed by atoms with Crippen molar-refractivity contribution in [2.75, 3.05) is 19.8 Å². The van der Waals surface area contributed by atoms with E-state index in [9.17, 15) is 10.2 Å². The molecular formula is C21H40O5. The molecule has 154 valence electrons.